The van der Waals surface area contributed by atoms with Gasteiger partial charge in [0.2, 0.25) is 0 Å². The molecule has 0 aliphatic rings. The number of nitrogens with one attached hydrogen (secondary N) is 1. The number of ether oxygens (including phenoxy) is 1. The fourth-order valence-corrected chi connectivity index (χ4v) is 1.74. The smallest absolute Gasteiger partial charge is 0.262 e. The Balaban J connectivity index is 1.94. The van der Waals surface area contributed by atoms with Gasteiger partial charge < -0.3 is 15.3 Å². The normalized spacial score (nSPS) is 11.0. The predicted octanol–water partition coefficient (Wildman–Crippen LogP) is 2.90. The topological polar surface area (TPSA) is 70.9 Å². The molecule has 5 heteroatoms. The monoisotopic (exact) mass is 284 g/mol. The van der Waals surface area contributed by atoms with Crippen LogP contribution in [0.5, 0.6) is 5.75 Å². The number of carbonyl (C=O) groups excluding carboxylic acids is 1. The zero-order chi connectivity index (χ0) is 15.1. The van der Waals surface area contributed by atoms with Crippen molar-refractivity contribution in [2.75, 3.05) is 11.9 Å². The highest BCUT2D eigenvalue weighted by molar-refractivity contribution is 6.00. The van der Waals surface area contributed by atoms with Gasteiger partial charge in [-0.3, -0.25) is 4.79 Å². The van der Waals surface area contributed by atoms with Gasteiger partial charge in [0.1, 0.15) is 5.75 Å². The maximum absolute atomic E-state index is 11.8. The number of carbonyl (C=O) groups is 1. The fraction of sp³-hybridized carbons (Fsp3) is 0.125. The molecule has 5 nitrogen and oxygen atoms in total. The van der Waals surface area contributed by atoms with E-state index in [1.54, 1.807) is 43.3 Å². The molecule has 0 saturated heterocycles. The van der Waals surface area contributed by atoms with Crippen LogP contribution in [0.1, 0.15) is 12.5 Å². The zero-order valence-corrected chi connectivity index (χ0v) is 11.6. The van der Waals surface area contributed by atoms with Crippen molar-refractivity contribution in [3.63, 3.8) is 0 Å². The molecule has 0 saturated carbocycles. The van der Waals surface area contributed by atoms with Crippen molar-refractivity contribution >= 4 is 17.3 Å². The van der Waals surface area contributed by atoms with Crippen molar-refractivity contribution < 1.29 is 14.7 Å². The molecule has 0 fully saturated rings. The van der Waals surface area contributed by atoms with E-state index in [1.807, 2.05) is 18.2 Å². The van der Waals surface area contributed by atoms with E-state index >= 15 is 0 Å². The summed E-state index contributed by atoms with van der Waals surface area (Å²) in [6.45, 7) is 1.61. The molecular weight excluding hydrogens is 268 g/mol. The highest BCUT2D eigenvalue weighted by atomic mass is 16.5. The number of hydrogen-bond acceptors (Lipinski definition) is 4. The van der Waals surface area contributed by atoms with Crippen molar-refractivity contribution in [1.82, 2.24) is 0 Å². The van der Waals surface area contributed by atoms with Gasteiger partial charge in [-0.15, -0.1) is 0 Å². The van der Waals surface area contributed by atoms with Crippen LogP contribution in [0.2, 0.25) is 0 Å². The molecule has 2 aromatic rings. The summed E-state index contributed by atoms with van der Waals surface area (Å²) in [5, 5.41) is 14.6. The van der Waals surface area contributed by atoms with E-state index in [1.165, 1.54) is 0 Å². The Bertz CT molecular complexity index is 639. The van der Waals surface area contributed by atoms with Gasteiger partial charge in [-0.05, 0) is 31.2 Å². The minimum atomic E-state index is -0.255. The Kier molecular flexibility index (Phi) is 4.93. The van der Waals surface area contributed by atoms with Crippen LogP contribution in [-0.2, 0) is 4.79 Å². The van der Waals surface area contributed by atoms with Gasteiger partial charge in [0, 0.05) is 11.3 Å². The first kappa shape index (κ1) is 14.6. The SMILES string of the molecule is C/C(=N\O)c1cccc(NC(=O)COc2ccccc2)c1. The lowest BCUT2D eigenvalue weighted by molar-refractivity contribution is -0.118. The maximum Gasteiger partial charge on any atom is 0.262 e. The van der Waals surface area contributed by atoms with Crippen molar-refractivity contribution in [2.24, 2.45) is 5.16 Å². The standard InChI is InChI=1S/C16H16N2O3/c1-12(18-20)13-6-5-7-14(10-13)17-16(19)11-21-15-8-3-2-4-9-15/h2-10,20H,11H2,1H3,(H,17,19)/b18-12+. The average Bonchev–Trinajstić information content (AvgIpc) is 2.53. The highest BCUT2D eigenvalue weighted by Gasteiger charge is 2.05. The van der Waals surface area contributed by atoms with Crippen LogP contribution in [0.25, 0.3) is 0 Å². The average molecular weight is 284 g/mol. The van der Waals surface area contributed by atoms with E-state index in [0.717, 1.165) is 5.56 Å². The van der Waals surface area contributed by atoms with Crippen molar-refractivity contribution in [1.29, 1.82) is 0 Å². The van der Waals surface area contributed by atoms with Crippen LogP contribution in [-0.4, -0.2) is 23.4 Å². The lowest BCUT2D eigenvalue weighted by Gasteiger charge is -2.08. The Hall–Kier alpha value is -2.82. The molecule has 21 heavy (non-hydrogen) atoms. The summed E-state index contributed by atoms with van der Waals surface area (Å²) in [6, 6.07) is 16.2. The lowest BCUT2D eigenvalue weighted by atomic mass is 10.1. The molecule has 0 heterocycles. The van der Waals surface area contributed by atoms with Crippen LogP contribution in [0.3, 0.4) is 0 Å². The summed E-state index contributed by atoms with van der Waals surface area (Å²) >= 11 is 0. The molecule has 1 amide bonds. The summed E-state index contributed by atoms with van der Waals surface area (Å²) in [4.78, 5) is 11.8. The zero-order valence-electron chi connectivity index (χ0n) is 11.6. The summed E-state index contributed by atoms with van der Waals surface area (Å²) < 4.78 is 5.36. The Morgan fingerprint density at radius 2 is 1.95 bits per heavy atom. The van der Waals surface area contributed by atoms with E-state index in [4.69, 9.17) is 9.94 Å². The third kappa shape index (κ3) is 4.35. The molecule has 2 N–H and O–H groups in total. The molecule has 0 aliphatic heterocycles. The fourth-order valence-electron chi connectivity index (χ4n) is 1.74. The maximum atomic E-state index is 11.8. The summed E-state index contributed by atoms with van der Waals surface area (Å²) in [7, 11) is 0. The quantitative estimate of drug-likeness (QED) is 0.504. The highest BCUT2D eigenvalue weighted by Crippen LogP contribution is 2.12. The first-order chi connectivity index (χ1) is 10.2. The number of amides is 1. The molecule has 108 valence electrons. The number of hydrogen-bond donors (Lipinski definition) is 2. The third-order valence-electron chi connectivity index (χ3n) is 2.83. The Labute approximate surface area is 122 Å². The van der Waals surface area contributed by atoms with E-state index in [0.29, 0.717) is 17.1 Å². The molecule has 2 aromatic carbocycles. The van der Waals surface area contributed by atoms with Gasteiger partial charge in [0.25, 0.3) is 5.91 Å². The van der Waals surface area contributed by atoms with E-state index in [2.05, 4.69) is 10.5 Å². The van der Waals surface area contributed by atoms with E-state index < -0.39 is 0 Å². The minimum Gasteiger partial charge on any atom is -0.484 e. The van der Waals surface area contributed by atoms with Crippen LogP contribution in [0.15, 0.2) is 59.8 Å². The van der Waals surface area contributed by atoms with Gasteiger partial charge in [-0.1, -0.05) is 35.5 Å². The number of para-hydroxylation sites is 1. The van der Waals surface area contributed by atoms with Gasteiger partial charge in [-0.25, -0.2) is 0 Å². The number of oxime groups is 1. The van der Waals surface area contributed by atoms with Crippen LogP contribution in [0.4, 0.5) is 5.69 Å². The molecule has 0 atom stereocenters. The third-order valence-corrected chi connectivity index (χ3v) is 2.83. The largest absolute Gasteiger partial charge is 0.484 e. The molecule has 0 aromatic heterocycles. The minimum absolute atomic E-state index is 0.0681. The Morgan fingerprint density at radius 3 is 2.67 bits per heavy atom. The molecule has 0 radical (unpaired) electrons. The molecule has 0 unspecified atom stereocenters. The van der Waals surface area contributed by atoms with Crippen molar-refractivity contribution in [2.45, 2.75) is 6.92 Å². The summed E-state index contributed by atoms with van der Waals surface area (Å²) in [5.41, 5.74) is 1.84. The molecule has 0 aliphatic carbocycles. The number of nitrogens with zero attached hydrogens (tertiary/aromatic N) is 1. The summed E-state index contributed by atoms with van der Waals surface area (Å²) in [5.74, 6) is 0.388. The van der Waals surface area contributed by atoms with E-state index in [-0.39, 0.29) is 12.5 Å². The predicted molar refractivity (Wildman–Crippen MR) is 81.0 cm³/mol. The van der Waals surface area contributed by atoms with Gasteiger partial charge in [-0.2, -0.15) is 0 Å². The second-order valence-corrected chi connectivity index (χ2v) is 4.42. The van der Waals surface area contributed by atoms with Crippen LogP contribution >= 0.6 is 0 Å². The molecular formula is C16H16N2O3. The first-order valence-corrected chi connectivity index (χ1v) is 6.46. The number of anilines is 1. The Morgan fingerprint density at radius 1 is 1.19 bits per heavy atom. The van der Waals surface area contributed by atoms with E-state index in [9.17, 15) is 4.79 Å². The van der Waals surface area contributed by atoms with Crippen molar-refractivity contribution in [3.8, 4) is 5.75 Å². The van der Waals surface area contributed by atoms with Gasteiger partial charge in [0.05, 0.1) is 5.71 Å². The second kappa shape index (κ2) is 7.09. The number of rotatable bonds is 5. The molecule has 0 spiro atoms. The number of benzene rings is 2. The molecule has 0 bridgehead atoms. The second-order valence-electron chi connectivity index (χ2n) is 4.42. The van der Waals surface area contributed by atoms with Gasteiger partial charge >= 0.3 is 0 Å². The van der Waals surface area contributed by atoms with Crippen molar-refractivity contribution in [3.05, 3.63) is 60.2 Å². The first-order valence-electron chi connectivity index (χ1n) is 6.46. The molecule has 2 rings (SSSR count). The summed E-state index contributed by atoms with van der Waals surface area (Å²) in [6.07, 6.45) is 0. The van der Waals surface area contributed by atoms with Crippen LogP contribution < -0.4 is 10.1 Å². The van der Waals surface area contributed by atoms with Gasteiger partial charge in [0.15, 0.2) is 6.61 Å². The lowest BCUT2D eigenvalue weighted by Crippen LogP contribution is -2.20. The van der Waals surface area contributed by atoms with Crippen LogP contribution in [0, 0.1) is 0 Å².